The number of aliphatic hydroxyl groups is 1. The lowest BCUT2D eigenvalue weighted by Crippen LogP contribution is -2.36. The lowest BCUT2D eigenvalue weighted by molar-refractivity contribution is 0.120. The molecule has 0 aliphatic heterocycles. The van der Waals surface area contributed by atoms with E-state index in [0.717, 1.165) is 25.2 Å². The van der Waals surface area contributed by atoms with Gasteiger partial charge in [-0.1, -0.05) is 76.1 Å². The van der Waals surface area contributed by atoms with Crippen LogP contribution >= 0.6 is 0 Å². The van der Waals surface area contributed by atoms with Crippen LogP contribution < -0.4 is 0 Å². The van der Waals surface area contributed by atoms with Crippen LogP contribution in [0.5, 0.6) is 0 Å². The van der Waals surface area contributed by atoms with Gasteiger partial charge in [0.05, 0.1) is 6.10 Å². The standard InChI is InChI=1S/C27H42O/c1-19(2)20(3)10-12-22(5)27-16-6-8-23(26(27)9-7-17-27)13-14-24-18-25(28)15-11-21(24)4/h10,12-14,19-20,22,25-26,28H,4,6-9,11,15-18H2,1-3,5H3/b12-10+,23-13+,24-14-/t20-,22+,25-,26-,27+/m0/s1. The van der Waals surface area contributed by atoms with Gasteiger partial charge in [-0.15, -0.1) is 0 Å². The van der Waals surface area contributed by atoms with Gasteiger partial charge in [-0.3, -0.25) is 0 Å². The van der Waals surface area contributed by atoms with Gasteiger partial charge in [-0.25, -0.2) is 0 Å². The number of allylic oxidation sites excluding steroid dienone is 6. The third kappa shape index (κ3) is 4.56. The van der Waals surface area contributed by atoms with Crippen LogP contribution in [0, 0.1) is 29.1 Å². The van der Waals surface area contributed by atoms with Crippen molar-refractivity contribution in [3.05, 3.63) is 47.6 Å². The Bertz CT molecular complexity index is 649. The van der Waals surface area contributed by atoms with E-state index in [1.807, 2.05) is 0 Å². The van der Waals surface area contributed by atoms with Crippen LogP contribution in [0.4, 0.5) is 0 Å². The number of aliphatic hydroxyl groups excluding tert-OH is 1. The summed E-state index contributed by atoms with van der Waals surface area (Å²) in [6.07, 6.45) is 20.3. The maximum Gasteiger partial charge on any atom is 0.0583 e. The fourth-order valence-corrected chi connectivity index (χ4v) is 5.87. The summed E-state index contributed by atoms with van der Waals surface area (Å²) in [5, 5.41) is 10.0. The van der Waals surface area contributed by atoms with Gasteiger partial charge in [0.2, 0.25) is 0 Å². The molecule has 0 saturated heterocycles. The first kappa shape index (κ1) is 21.6. The van der Waals surface area contributed by atoms with Crippen molar-refractivity contribution in [2.75, 3.05) is 0 Å². The minimum absolute atomic E-state index is 0.180. The molecule has 0 bridgehead atoms. The fraction of sp³-hybridized carbons (Fsp3) is 0.704. The molecule has 0 aromatic rings. The average molecular weight is 383 g/mol. The number of fused-ring (bicyclic) bond motifs is 1. The van der Waals surface area contributed by atoms with Gasteiger partial charge >= 0.3 is 0 Å². The first-order valence-corrected chi connectivity index (χ1v) is 11.8. The van der Waals surface area contributed by atoms with Gasteiger partial charge in [0.25, 0.3) is 0 Å². The molecule has 1 nitrogen and oxygen atoms in total. The molecule has 0 amide bonds. The lowest BCUT2D eigenvalue weighted by Gasteiger charge is -2.45. The van der Waals surface area contributed by atoms with E-state index in [1.165, 1.54) is 49.7 Å². The molecule has 0 spiro atoms. The van der Waals surface area contributed by atoms with Crippen LogP contribution in [0.3, 0.4) is 0 Å². The first-order valence-electron chi connectivity index (χ1n) is 11.8. The minimum atomic E-state index is -0.180. The van der Waals surface area contributed by atoms with Crippen LogP contribution in [0.15, 0.2) is 47.6 Å². The van der Waals surface area contributed by atoms with E-state index in [1.54, 1.807) is 5.57 Å². The molecule has 3 rings (SSSR count). The van der Waals surface area contributed by atoms with Crippen LogP contribution in [-0.4, -0.2) is 11.2 Å². The zero-order chi connectivity index (χ0) is 20.3. The first-order chi connectivity index (χ1) is 13.3. The van der Waals surface area contributed by atoms with Crippen molar-refractivity contribution in [3.8, 4) is 0 Å². The molecule has 0 radical (unpaired) electrons. The molecular weight excluding hydrogens is 340 g/mol. The molecule has 0 unspecified atom stereocenters. The monoisotopic (exact) mass is 382 g/mol. The molecule has 5 atom stereocenters. The van der Waals surface area contributed by atoms with Gasteiger partial charge < -0.3 is 5.11 Å². The van der Waals surface area contributed by atoms with Gasteiger partial charge in [-0.2, -0.15) is 0 Å². The Morgan fingerprint density at radius 1 is 1.00 bits per heavy atom. The van der Waals surface area contributed by atoms with Crippen LogP contribution in [0.2, 0.25) is 0 Å². The third-order valence-corrected chi connectivity index (χ3v) is 8.23. The Hall–Kier alpha value is -1.08. The van der Waals surface area contributed by atoms with E-state index < -0.39 is 0 Å². The van der Waals surface area contributed by atoms with Gasteiger partial charge in [0, 0.05) is 0 Å². The summed E-state index contributed by atoms with van der Waals surface area (Å²) >= 11 is 0. The molecule has 0 heterocycles. The summed E-state index contributed by atoms with van der Waals surface area (Å²) in [7, 11) is 0. The average Bonchev–Trinajstić information content (AvgIpc) is 3.12. The second kappa shape index (κ2) is 9.16. The summed E-state index contributed by atoms with van der Waals surface area (Å²) < 4.78 is 0. The second-order valence-electron chi connectivity index (χ2n) is 10.2. The molecule has 3 fully saturated rings. The maximum atomic E-state index is 10.0. The Morgan fingerprint density at radius 2 is 1.75 bits per heavy atom. The summed E-state index contributed by atoms with van der Waals surface area (Å²) in [5.41, 5.74) is 4.65. The Morgan fingerprint density at radius 3 is 2.50 bits per heavy atom. The molecule has 3 aliphatic rings. The smallest absolute Gasteiger partial charge is 0.0583 e. The zero-order valence-electron chi connectivity index (χ0n) is 18.7. The molecule has 28 heavy (non-hydrogen) atoms. The van der Waals surface area contributed by atoms with E-state index in [2.05, 4.69) is 58.6 Å². The molecule has 156 valence electrons. The highest BCUT2D eigenvalue weighted by Crippen LogP contribution is 2.58. The molecule has 3 aliphatic carbocycles. The summed E-state index contributed by atoms with van der Waals surface area (Å²) in [5.74, 6) is 2.77. The predicted octanol–water partition coefficient (Wildman–Crippen LogP) is 7.40. The quantitative estimate of drug-likeness (QED) is 0.491. The Kier molecular flexibility index (Phi) is 7.07. The number of hydrogen-bond acceptors (Lipinski definition) is 1. The van der Waals surface area contributed by atoms with E-state index in [0.29, 0.717) is 23.2 Å². The van der Waals surface area contributed by atoms with Crippen LogP contribution in [-0.2, 0) is 0 Å². The van der Waals surface area contributed by atoms with E-state index in [-0.39, 0.29) is 6.10 Å². The molecule has 0 aromatic heterocycles. The van der Waals surface area contributed by atoms with Crippen molar-refractivity contribution in [1.29, 1.82) is 0 Å². The SMILES string of the molecule is C=C1CC[C@H](O)C/C1=C/C=C1\CCC[C@]2([C@H](C)/C=C/[C@H](C)C(C)C)CCC[C@@H]12. The van der Waals surface area contributed by atoms with Gasteiger partial charge in [-0.05, 0) is 86.0 Å². The third-order valence-electron chi connectivity index (χ3n) is 8.23. The van der Waals surface area contributed by atoms with Crippen LogP contribution in [0.25, 0.3) is 0 Å². The van der Waals surface area contributed by atoms with Crippen molar-refractivity contribution in [3.63, 3.8) is 0 Å². The lowest BCUT2D eigenvalue weighted by atomic mass is 9.60. The van der Waals surface area contributed by atoms with E-state index in [9.17, 15) is 5.11 Å². The fourth-order valence-electron chi connectivity index (χ4n) is 5.87. The molecule has 3 saturated carbocycles. The van der Waals surface area contributed by atoms with E-state index in [4.69, 9.17) is 0 Å². The van der Waals surface area contributed by atoms with Gasteiger partial charge in [0.15, 0.2) is 0 Å². The summed E-state index contributed by atoms with van der Waals surface area (Å²) in [4.78, 5) is 0. The maximum absolute atomic E-state index is 10.0. The topological polar surface area (TPSA) is 20.2 Å². The number of hydrogen-bond donors (Lipinski definition) is 1. The highest BCUT2D eigenvalue weighted by molar-refractivity contribution is 5.36. The number of rotatable bonds is 5. The van der Waals surface area contributed by atoms with Crippen molar-refractivity contribution >= 4 is 0 Å². The van der Waals surface area contributed by atoms with Gasteiger partial charge in [0.1, 0.15) is 0 Å². The predicted molar refractivity (Wildman–Crippen MR) is 121 cm³/mol. The molecular formula is C27H42O. The van der Waals surface area contributed by atoms with Crippen molar-refractivity contribution in [2.24, 2.45) is 29.1 Å². The van der Waals surface area contributed by atoms with E-state index >= 15 is 0 Å². The van der Waals surface area contributed by atoms with Crippen molar-refractivity contribution in [2.45, 2.75) is 91.6 Å². The highest BCUT2D eigenvalue weighted by Gasteiger charge is 2.48. The van der Waals surface area contributed by atoms with Crippen LogP contribution in [0.1, 0.15) is 85.5 Å². The van der Waals surface area contributed by atoms with Crippen molar-refractivity contribution < 1.29 is 5.11 Å². The largest absolute Gasteiger partial charge is 0.393 e. The second-order valence-corrected chi connectivity index (χ2v) is 10.2. The Labute approximate surface area is 173 Å². The summed E-state index contributed by atoms with van der Waals surface area (Å²) in [6.45, 7) is 13.7. The molecule has 0 aromatic carbocycles. The highest BCUT2D eigenvalue weighted by atomic mass is 16.3. The summed E-state index contributed by atoms with van der Waals surface area (Å²) in [6, 6.07) is 0. The Balaban J connectivity index is 1.79. The minimum Gasteiger partial charge on any atom is -0.393 e. The molecule has 1 N–H and O–H groups in total. The zero-order valence-corrected chi connectivity index (χ0v) is 18.7. The molecule has 1 heteroatoms. The normalized spacial score (nSPS) is 36.4. The van der Waals surface area contributed by atoms with Crippen molar-refractivity contribution in [1.82, 2.24) is 0 Å².